The zero-order valence-corrected chi connectivity index (χ0v) is 23.8. The molecule has 0 aliphatic rings. The predicted octanol–water partition coefficient (Wildman–Crippen LogP) is 7.95. The fourth-order valence-electron chi connectivity index (χ4n) is 3.09. The summed E-state index contributed by atoms with van der Waals surface area (Å²) in [4.78, 5) is 16.1. The van der Waals surface area contributed by atoms with E-state index in [1.165, 1.54) is 12.5 Å². The van der Waals surface area contributed by atoms with Crippen molar-refractivity contribution in [3.63, 3.8) is 0 Å². The van der Waals surface area contributed by atoms with Gasteiger partial charge in [0.05, 0.1) is 10.7 Å². The lowest BCUT2D eigenvalue weighted by molar-refractivity contribution is -0.144. The van der Waals surface area contributed by atoms with Gasteiger partial charge in [0.15, 0.2) is 8.32 Å². The van der Waals surface area contributed by atoms with Crippen molar-refractivity contribution >= 4 is 31.7 Å². The monoisotopic (exact) mass is 479 g/mol. The first kappa shape index (κ1) is 28.8. The molecule has 182 valence electrons. The van der Waals surface area contributed by atoms with Crippen LogP contribution in [-0.4, -0.2) is 32.0 Å². The van der Waals surface area contributed by atoms with Crippen LogP contribution in [0.15, 0.2) is 22.6 Å². The Bertz CT molecular complexity index is 789. The van der Waals surface area contributed by atoms with E-state index < -0.39 is 8.32 Å². The Morgan fingerprint density at radius 3 is 2.44 bits per heavy atom. The molecule has 1 aromatic rings. The fraction of sp³-hybridized carbons (Fsp3) is 0.692. The first-order valence-electron chi connectivity index (χ1n) is 11.8. The molecule has 0 aliphatic heterocycles. The molecule has 1 heterocycles. The van der Waals surface area contributed by atoms with E-state index in [1.54, 1.807) is 11.3 Å². The van der Waals surface area contributed by atoms with Crippen molar-refractivity contribution in [1.82, 2.24) is 4.98 Å². The number of allylic oxidation sites excluding steroid dienone is 1. The second-order valence-electron chi connectivity index (χ2n) is 10.6. The van der Waals surface area contributed by atoms with Gasteiger partial charge in [0, 0.05) is 25.3 Å². The van der Waals surface area contributed by atoms with Crippen molar-refractivity contribution < 1.29 is 14.0 Å². The molecular formula is C26H45NO3SSi. The van der Waals surface area contributed by atoms with Crippen molar-refractivity contribution in [3.8, 4) is 0 Å². The number of hydrogen-bond donors (Lipinski definition) is 0. The van der Waals surface area contributed by atoms with E-state index in [0.29, 0.717) is 12.3 Å². The molecule has 1 rings (SSSR count). The number of nitrogens with zero attached hydrogens (tertiary/aromatic N) is 1. The molecule has 0 fully saturated rings. The highest BCUT2D eigenvalue weighted by Gasteiger charge is 2.37. The zero-order chi connectivity index (χ0) is 24.5. The van der Waals surface area contributed by atoms with Crippen LogP contribution in [0.3, 0.4) is 0 Å². The maximum absolute atomic E-state index is 11.6. The van der Waals surface area contributed by atoms with E-state index in [0.717, 1.165) is 42.1 Å². The van der Waals surface area contributed by atoms with E-state index in [2.05, 4.69) is 58.8 Å². The summed E-state index contributed by atoms with van der Waals surface area (Å²) in [6.07, 6.45) is 8.05. The molecule has 0 radical (unpaired) electrons. The molecule has 0 bridgehead atoms. The number of ether oxygens (including phenoxy) is 1. The highest BCUT2D eigenvalue weighted by atomic mass is 32.1. The quantitative estimate of drug-likeness (QED) is 0.173. The molecule has 0 N–H and O–H groups in total. The SMILES string of the molecule is CC(=O)OC(CC=C(C)CCC[C@H](C)CO[Si](C)(C)C(C)(C)C)C(C)=Cc1csc(C)n1. The molecule has 0 aromatic carbocycles. The van der Waals surface area contributed by atoms with Gasteiger partial charge in [-0.1, -0.05) is 39.3 Å². The van der Waals surface area contributed by atoms with Crippen LogP contribution in [0, 0.1) is 12.8 Å². The summed E-state index contributed by atoms with van der Waals surface area (Å²) >= 11 is 1.63. The van der Waals surface area contributed by atoms with Crippen LogP contribution >= 0.6 is 11.3 Å². The molecule has 2 atom stereocenters. The molecule has 0 amide bonds. The van der Waals surface area contributed by atoms with Gasteiger partial charge in [-0.15, -0.1) is 11.3 Å². The number of esters is 1. The van der Waals surface area contributed by atoms with E-state index in [-0.39, 0.29) is 17.1 Å². The first-order chi connectivity index (χ1) is 14.7. The number of thiazole rings is 1. The summed E-state index contributed by atoms with van der Waals surface area (Å²) in [6.45, 7) is 22.3. The lowest BCUT2D eigenvalue weighted by Crippen LogP contribution is -2.41. The summed E-state index contributed by atoms with van der Waals surface area (Å²) in [6, 6.07) is 0. The van der Waals surface area contributed by atoms with Gasteiger partial charge in [-0.2, -0.15) is 0 Å². The van der Waals surface area contributed by atoms with Crippen molar-refractivity contribution in [2.45, 2.75) is 105 Å². The van der Waals surface area contributed by atoms with E-state index in [9.17, 15) is 4.79 Å². The maximum atomic E-state index is 11.6. The van der Waals surface area contributed by atoms with Gasteiger partial charge in [-0.05, 0) is 75.7 Å². The standard InChI is InChI=1S/C26H45NO3SSi/c1-19(12-11-13-20(2)17-29-32(9,10)26(6,7)8)14-15-25(30-23(5)28)21(3)16-24-18-31-22(4)27-24/h14,16,18,20,25H,11-13,15,17H2,1-10H3/t20-,25?/m0/s1. The Labute approximate surface area is 201 Å². The van der Waals surface area contributed by atoms with Gasteiger partial charge in [-0.3, -0.25) is 4.79 Å². The average molecular weight is 480 g/mol. The molecule has 32 heavy (non-hydrogen) atoms. The Balaban J connectivity index is 2.55. The second kappa shape index (κ2) is 12.9. The molecule has 0 aliphatic carbocycles. The third-order valence-corrected chi connectivity index (χ3v) is 11.6. The summed E-state index contributed by atoms with van der Waals surface area (Å²) in [7, 11) is -1.67. The van der Waals surface area contributed by atoms with Gasteiger partial charge < -0.3 is 9.16 Å². The molecule has 4 nitrogen and oxygen atoms in total. The Kier molecular flexibility index (Phi) is 11.6. The average Bonchev–Trinajstić information content (AvgIpc) is 3.06. The van der Waals surface area contributed by atoms with E-state index in [4.69, 9.17) is 9.16 Å². The number of aromatic nitrogens is 1. The minimum absolute atomic E-state index is 0.249. The normalized spacial score (nSPS) is 15.6. The molecule has 6 heteroatoms. The van der Waals surface area contributed by atoms with Crippen LogP contribution in [0.1, 0.15) is 84.9 Å². The highest BCUT2D eigenvalue weighted by molar-refractivity contribution is 7.09. The maximum Gasteiger partial charge on any atom is 0.303 e. The Morgan fingerprint density at radius 1 is 1.25 bits per heavy atom. The number of hydrogen-bond acceptors (Lipinski definition) is 5. The van der Waals surface area contributed by atoms with Crippen LogP contribution in [0.5, 0.6) is 0 Å². The van der Waals surface area contributed by atoms with Crippen molar-refractivity contribution in [2.75, 3.05) is 6.61 Å². The van der Waals surface area contributed by atoms with Crippen molar-refractivity contribution in [1.29, 1.82) is 0 Å². The van der Waals surface area contributed by atoms with Crippen molar-refractivity contribution in [3.05, 3.63) is 33.3 Å². The summed E-state index contributed by atoms with van der Waals surface area (Å²) in [5.41, 5.74) is 3.29. The molecule has 1 aromatic heterocycles. The van der Waals surface area contributed by atoms with E-state index in [1.807, 2.05) is 25.3 Å². The first-order valence-corrected chi connectivity index (χ1v) is 15.6. The lowest BCUT2D eigenvalue weighted by atomic mass is 10.0. The number of rotatable bonds is 12. The molecule has 1 unspecified atom stereocenters. The topological polar surface area (TPSA) is 48.4 Å². The second-order valence-corrected chi connectivity index (χ2v) is 16.5. The fourth-order valence-corrected chi connectivity index (χ4v) is 4.79. The van der Waals surface area contributed by atoms with Gasteiger partial charge >= 0.3 is 5.97 Å². The van der Waals surface area contributed by atoms with Crippen LogP contribution < -0.4 is 0 Å². The van der Waals surface area contributed by atoms with Gasteiger partial charge in [0.1, 0.15) is 6.10 Å². The Morgan fingerprint density at radius 2 is 1.91 bits per heavy atom. The molecule has 0 saturated carbocycles. The number of carbonyl (C=O) groups excluding carboxylic acids is 1. The number of carbonyl (C=O) groups is 1. The van der Waals surface area contributed by atoms with Crippen LogP contribution in [-0.2, 0) is 14.0 Å². The van der Waals surface area contributed by atoms with Crippen LogP contribution in [0.25, 0.3) is 6.08 Å². The Hall–Kier alpha value is -1.24. The van der Waals surface area contributed by atoms with Gasteiger partial charge in [0.2, 0.25) is 0 Å². The van der Waals surface area contributed by atoms with Crippen LogP contribution in [0.4, 0.5) is 0 Å². The minimum Gasteiger partial charge on any atom is -0.458 e. The third-order valence-electron chi connectivity index (χ3n) is 6.31. The number of aryl methyl sites for hydroxylation is 1. The molecule has 0 spiro atoms. The lowest BCUT2D eigenvalue weighted by Gasteiger charge is -2.37. The largest absolute Gasteiger partial charge is 0.458 e. The zero-order valence-electron chi connectivity index (χ0n) is 22.0. The van der Waals surface area contributed by atoms with Gasteiger partial charge in [-0.25, -0.2) is 4.98 Å². The van der Waals surface area contributed by atoms with Crippen molar-refractivity contribution in [2.24, 2.45) is 5.92 Å². The third kappa shape index (κ3) is 10.6. The summed E-state index contributed by atoms with van der Waals surface area (Å²) in [5, 5.41) is 3.32. The molecular weight excluding hydrogens is 434 g/mol. The minimum atomic E-state index is -1.67. The highest BCUT2D eigenvalue weighted by Crippen LogP contribution is 2.37. The summed E-state index contributed by atoms with van der Waals surface area (Å²) < 4.78 is 12.0. The predicted molar refractivity (Wildman–Crippen MR) is 141 cm³/mol. The van der Waals surface area contributed by atoms with Gasteiger partial charge in [0.25, 0.3) is 0 Å². The van der Waals surface area contributed by atoms with E-state index >= 15 is 0 Å². The smallest absolute Gasteiger partial charge is 0.303 e. The molecule has 0 saturated heterocycles. The summed E-state index contributed by atoms with van der Waals surface area (Å²) in [5.74, 6) is 0.316. The van der Waals surface area contributed by atoms with Crippen LogP contribution in [0.2, 0.25) is 18.1 Å².